The Morgan fingerprint density at radius 2 is 1.08 bits per heavy atom. The van der Waals surface area contributed by atoms with E-state index < -0.39 is 24.1 Å². The predicted octanol–water partition coefficient (Wildman–Crippen LogP) is -4.15. The van der Waals surface area contributed by atoms with Gasteiger partial charge in [-0.2, -0.15) is 0 Å². The molecule has 0 aliphatic carbocycles. The fourth-order valence-electron chi connectivity index (χ4n) is 0. The third-order valence-electron chi connectivity index (χ3n) is 0.682. The van der Waals surface area contributed by atoms with Crippen LogP contribution in [0, 0.1) is 0 Å². The van der Waals surface area contributed by atoms with Crippen LogP contribution in [-0.2, 0) is 9.59 Å². The van der Waals surface area contributed by atoms with Crippen LogP contribution in [0.25, 0.3) is 0 Å². The van der Waals surface area contributed by atoms with Gasteiger partial charge in [-0.1, -0.05) is 0 Å². The average Bonchev–Trinajstić information content (AvgIpc) is 1.88. The van der Waals surface area contributed by atoms with Gasteiger partial charge >= 0.3 is 23.9 Å². The van der Waals surface area contributed by atoms with Crippen molar-refractivity contribution >= 4 is 35.8 Å². The van der Waals surface area contributed by atoms with Crippen LogP contribution in [0.3, 0.4) is 0 Å². The van der Waals surface area contributed by atoms with E-state index in [0.717, 1.165) is 13.8 Å². The Labute approximate surface area is 92.1 Å². The van der Waals surface area contributed by atoms with Gasteiger partial charge in [0.15, 0.2) is 0 Å². The molecule has 2 atom stereocenters. The van der Waals surface area contributed by atoms with E-state index in [1.807, 2.05) is 0 Å². The van der Waals surface area contributed by atoms with E-state index in [9.17, 15) is 19.8 Å². The summed E-state index contributed by atoms with van der Waals surface area (Å²) < 4.78 is 0. The summed E-state index contributed by atoms with van der Waals surface area (Å²) in [5, 5.41) is 34.6. The van der Waals surface area contributed by atoms with Gasteiger partial charge in [-0.15, -0.1) is 0 Å². The number of hydrogen-bond donors (Lipinski definition) is 2. The second-order valence-corrected chi connectivity index (χ2v) is 1.99. The van der Waals surface area contributed by atoms with Crippen LogP contribution in [0.15, 0.2) is 0 Å². The number of carbonyl (C=O) groups excluding carboxylic acids is 2. The number of aliphatic hydroxyl groups is 2. The smallest absolute Gasteiger partial charge is 0.547 e. The summed E-state index contributed by atoms with van der Waals surface area (Å²) >= 11 is 0. The van der Waals surface area contributed by atoms with Gasteiger partial charge in [0, 0.05) is 0 Å². The van der Waals surface area contributed by atoms with E-state index in [4.69, 9.17) is 10.2 Å². The van der Waals surface area contributed by atoms with Crippen molar-refractivity contribution in [1.82, 2.24) is 0 Å². The van der Waals surface area contributed by atoms with Gasteiger partial charge in [0.2, 0.25) is 0 Å². The second-order valence-electron chi connectivity index (χ2n) is 1.99. The van der Waals surface area contributed by atoms with Gasteiger partial charge in [-0.05, 0) is 13.8 Å². The molecule has 7 heteroatoms. The number of rotatable bonds is 2. The molecule has 0 unspecified atom stereocenters. The summed E-state index contributed by atoms with van der Waals surface area (Å²) in [6, 6.07) is 0. The van der Waals surface area contributed by atoms with Gasteiger partial charge in [0.05, 0.1) is 24.1 Å². The molecule has 0 rings (SSSR count). The molecule has 0 saturated carbocycles. The van der Waals surface area contributed by atoms with Crippen molar-refractivity contribution in [3.63, 3.8) is 0 Å². The quantitative estimate of drug-likeness (QED) is 0.499. The molecule has 74 valence electrons. The van der Waals surface area contributed by atoms with Gasteiger partial charge in [-0.25, -0.2) is 0 Å². The predicted molar refractivity (Wildman–Crippen MR) is 39.1 cm³/mol. The molecule has 0 aromatic rings. The molecule has 0 saturated heterocycles. The largest absolute Gasteiger partial charge is 2.00 e. The third kappa shape index (κ3) is 18.5. The summed E-state index contributed by atoms with van der Waals surface area (Å²) in [5.41, 5.74) is 0. The SMILES string of the molecule is C[C@H](O)C(=O)[O-].C[C@H](O)C(=O)[O-].[Sn+2]. The van der Waals surface area contributed by atoms with Crippen LogP contribution in [0.2, 0.25) is 0 Å². The Morgan fingerprint density at radius 1 is 1.00 bits per heavy atom. The molecular formula is C6H10O6Sn. The van der Waals surface area contributed by atoms with E-state index in [1.54, 1.807) is 0 Å². The molecule has 13 heavy (non-hydrogen) atoms. The summed E-state index contributed by atoms with van der Waals surface area (Å²) in [7, 11) is 0. The minimum absolute atomic E-state index is 0. The van der Waals surface area contributed by atoms with Gasteiger partial charge in [0.25, 0.3) is 0 Å². The van der Waals surface area contributed by atoms with E-state index in [0.29, 0.717) is 0 Å². The Hall–Kier alpha value is -0.341. The van der Waals surface area contributed by atoms with Crippen molar-refractivity contribution in [2.24, 2.45) is 0 Å². The Kier molecular flexibility index (Phi) is 13.8. The molecule has 0 fully saturated rings. The normalized spacial score (nSPS) is 12.6. The zero-order chi connectivity index (χ0) is 10.3. The molecule has 0 amide bonds. The standard InChI is InChI=1S/2C3H6O3.Sn/c2*1-2(4)3(5)6;/h2*2,4H,1H3,(H,5,6);/q;;+2/p-2/t2*2-;/m00./s1. The monoisotopic (exact) mass is 298 g/mol. The molecule has 6 nitrogen and oxygen atoms in total. The maximum atomic E-state index is 9.34. The summed E-state index contributed by atoms with van der Waals surface area (Å²) in [4.78, 5) is 18.7. The minimum Gasteiger partial charge on any atom is -0.547 e. The van der Waals surface area contributed by atoms with Crippen LogP contribution in [0.1, 0.15) is 13.8 Å². The van der Waals surface area contributed by atoms with Crippen LogP contribution in [-0.4, -0.2) is 58.3 Å². The van der Waals surface area contributed by atoms with E-state index >= 15 is 0 Å². The van der Waals surface area contributed by atoms with Crippen LogP contribution in [0.5, 0.6) is 0 Å². The van der Waals surface area contributed by atoms with Crippen molar-refractivity contribution in [3.8, 4) is 0 Å². The van der Waals surface area contributed by atoms with Gasteiger partial charge in [0.1, 0.15) is 0 Å². The average molecular weight is 297 g/mol. The summed E-state index contributed by atoms with van der Waals surface area (Å²) in [5.74, 6) is -2.87. The number of carbonyl (C=O) groups is 2. The van der Waals surface area contributed by atoms with Crippen molar-refractivity contribution in [2.45, 2.75) is 26.1 Å². The second kappa shape index (κ2) is 9.74. The van der Waals surface area contributed by atoms with Crippen molar-refractivity contribution in [2.75, 3.05) is 0 Å². The van der Waals surface area contributed by atoms with Crippen molar-refractivity contribution < 1.29 is 30.0 Å². The molecule has 0 bridgehead atoms. The topological polar surface area (TPSA) is 121 Å². The molecule has 0 heterocycles. The Balaban J connectivity index is -0.000000143. The molecule has 0 spiro atoms. The molecule has 2 N–H and O–H groups in total. The molecule has 0 aliphatic rings. The first-order chi connectivity index (χ1) is 5.29. The first-order valence-corrected chi connectivity index (χ1v) is 3.06. The van der Waals surface area contributed by atoms with Crippen molar-refractivity contribution in [3.05, 3.63) is 0 Å². The van der Waals surface area contributed by atoms with E-state index in [-0.39, 0.29) is 23.9 Å². The number of carboxylic acid groups (broad SMARTS) is 2. The van der Waals surface area contributed by atoms with E-state index in [2.05, 4.69) is 0 Å². The Bertz CT molecular complexity index is 137. The zero-order valence-electron chi connectivity index (χ0n) is 7.18. The van der Waals surface area contributed by atoms with Crippen LogP contribution >= 0.6 is 0 Å². The third-order valence-corrected chi connectivity index (χ3v) is 0.682. The first-order valence-electron chi connectivity index (χ1n) is 3.06. The van der Waals surface area contributed by atoms with Crippen molar-refractivity contribution in [1.29, 1.82) is 0 Å². The summed E-state index contributed by atoms with van der Waals surface area (Å²) in [6.45, 7) is 2.27. The number of carboxylic acids is 2. The molecular weight excluding hydrogens is 287 g/mol. The van der Waals surface area contributed by atoms with Gasteiger partial charge < -0.3 is 30.0 Å². The molecule has 0 aromatic heterocycles. The zero-order valence-corrected chi connectivity index (χ0v) is 10.0. The molecule has 2 radical (unpaired) electrons. The van der Waals surface area contributed by atoms with E-state index in [1.165, 1.54) is 0 Å². The number of aliphatic carboxylic acids is 2. The minimum atomic E-state index is -1.44. The molecule has 0 aromatic carbocycles. The maximum absolute atomic E-state index is 9.34. The fourth-order valence-corrected chi connectivity index (χ4v) is 0. The number of hydrogen-bond acceptors (Lipinski definition) is 6. The maximum Gasteiger partial charge on any atom is 2.00 e. The Morgan fingerprint density at radius 3 is 1.08 bits per heavy atom. The molecule has 0 aliphatic heterocycles. The first kappa shape index (κ1) is 18.4. The fraction of sp³-hybridized carbons (Fsp3) is 0.667. The van der Waals surface area contributed by atoms with Gasteiger partial charge in [-0.3, -0.25) is 0 Å². The summed E-state index contributed by atoms with van der Waals surface area (Å²) in [6.07, 6.45) is -2.69. The number of aliphatic hydroxyl groups excluding tert-OH is 2. The van der Waals surface area contributed by atoms with Crippen LogP contribution < -0.4 is 10.2 Å². The van der Waals surface area contributed by atoms with Crippen LogP contribution in [0.4, 0.5) is 0 Å².